The Kier molecular flexibility index (Phi) is 5.03. The van der Waals surface area contributed by atoms with Crippen LogP contribution >= 0.6 is 11.6 Å². The lowest BCUT2D eigenvalue weighted by molar-refractivity contribution is 0.198. The molecule has 86 valence electrons. The van der Waals surface area contributed by atoms with Crippen molar-refractivity contribution >= 4 is 17.4 Å². The van der Waals surface area contributed by atoms with Gasteiger partial charge in [-0.1, -0.05) is 11.6 Å². The van der Waals surface area contributed by atoms with Crippen LogP contribution in [0.2, 0.25) is 5.15 Å². The Balaban J connectivity index is 2.75. The lowest BCUT2D eigenvalue weighted by Crippen LogP contribution is -2.08. The van der Waals surface area contributed by atoms with E-state index in [2.05, 4.69) is 16.4 Å². The first-order valence-electron chi connectivity index (χ1n) is 4.99. The van der Waals surface area contributed by atoms with Crippen molar-refractivity contribution in [3.63, 3.8) is 0 Å². The molecular weight excluding hydrogens is 226 g/mol. The number of nitriles is 1. The zero-order valence-electron chi connectivity index (χ0n) is 9.38. The fraction of sp³-hybridized carbons (Fsp3) is 0.455. The summed E-state index contributed by atoms with van der Waals surface area (Å²) in [6.45, 7) is 3.22. The van der Waals surface area contributed by atoms with Gasteiger partial charge in [0.15, 0.2) is 0 Å². The second-order valence-electron chi connectivity index (χ2n) is 3.37. The van der Waals surface area contributed by atoms with Gasteiger partial charge in [0.2, 0.25) is 0 Å². The predicted octanol–water partition coefficient (Wildman–Crippen LogP) is 2.36. The van der Waals surface area contributed by atoms with Crippen molar-refractivity contribution in [2.75, 3.05) is 25.6 Å². The molecule has 1 rings (SSSR count). The molecule has 1 heterocycles. The normalized spacial score (nSPS) is 9.88. The highest BCUT2D eigenvalue weighted by Gasteiger charge is 2.08. The Morgan fingerprint density at radius 1 is 1.62 bits per heavy atom. The molecule has 1 aromatic rings. The minimum atomic E-state index is 0.394. The largest absolute Gasteiger partial charge is 0.385 e. The van der Waals surface area contributed by atoms with Crippen molar-refractivity contribution < 1.29 is 4.74 Å². The summed E-state index contributed by atoms with van der Waals surface area (Å²) in [4.78, 5) is 4.09. The Bertz CT molecular complexity index is 401. The van der Waals surface area contributed by atoms with E-state index in [1.807, 2.05) is 6.92 Å². The number of aromatic nitrogens is 1. The zero-order chi connectivity index (χ0) is 12.0. The smallest absolute Gasteiger partial charge is 0.145 e. The molecule has 0 radical (unpaired) electrons. The van der Waals surface area contributed by atoms with Gasteiger partial charge >= 0.3 is 0 Å². The maximum Gasteiger partial charge on any atom is 0.145 e. The van der Waals surface area contributed by atoms with E-state index < -0.39 is 0 Å². The Labute approximate surface area is 100 Å². The van der Waals surface area contributed by atoms with Crippen molar-refractivity contribution in [2.24, 2.45) is 0 Å². The van der Waals surface area contributed by atoms with E-state index in [0.717, 1.165) is 12.0 Å². The summed E-state index contributed by atoms with van der Waals surface area (Å²) in [6.07, 6.45) is 0.856. The van der Waals surface area contributed by atoms with E-state index in [4.69, 9.17) is 21.6 Å². The standard InChI is InChI=1S/C11H14ClN3O/c1-8-6-10(12)15-11(9(8)7-13)14-4-3-5-16-2/h6H,3-5H2,1-2H3,(H,14,15). The van der Waals surface area contributed by atoms with Crippen LogP contribution in [-0.4, -0.2) is 25.2 Å². The number of nitrogens with one attached hydrogen (secondary N) is 1. The van der Waals surface area contributed by atoms with Gasteiger partial charge in [0, 0.05) is 20.3 Å². The second kappa shape index (κ2) is 6.31. The van der Waals surface area contributed by atoms with Crippen LogP contribution in [0.5, 0.6) is 0 Å². The van der Waals surface area contributed by atoms with E-state index >= 15 is 0 Å². The van der Waals surface area contributed by atoms with Crippen molar-refractivity contribution in [1.29, 1.82) is 5.26 Å². The molecule has 16 heavy (non-hydrogen) atoms. The Morgan fingerprint density at radius 2 is 2.38 bits per heavy atom. The molecule has 0 spiro atoms. The number of ether oxygens (including phenoxy) is 1. The fourth-order valence-corrected chi connectivity index (χ4v) is 1.57. The predicted molar refractivity (Wildman–Crippen MR) is 63.7 cm³/mol. The van der Waals surface area contributed by atoms with E-state index in [0.29, 0.717) is 29.7 Å². The fourth-order valence-electron chi connectivity index (χ4n) is 1.32. The van der Waals surface area contributed by atoms with Crippen LogP contribution in [0.3, 0.4) is 0 Å². The van der Waals surface area contributed by atoms with Gasteiger partial charge < -0.3 is 10.1 Å². The monoisotopic (exact) mass is 239 g/mol. The summed E-state index contributed by atoms with van der Waals surface area (Å²) in [5.41, 5.74) is 1.37. The number of anilines is 1. The molecule has 0 fully saturated rings. The highest BCUT2D eigenvalue weighted by Crippen LogP contribution is 2.20. The number of methoxy groups -OCH3 is 1. The summed E-state index contributed by atoms with van der Waals surface area (Å²) in [5.74, 6) is 0.545. The first kappa shape index (κ1) is 12.8. The third kappa shape index (κ3) is 3.37. The second-order valence-corrected chi connectivity index (χ2v) is 3.76. The minimum absolute atomic E-state index is 0.394. The van der Waals surface area contributed by atoms with Crippen LogP contribution in [0.4, 0.5) is 5.82 Å². The molecule has 1 N–H and O–H groups in total. The maximum atomic E-state index is 9.00. The Hall–Kier alpha value is -1.31. The van der Waals surface area contributed by atoms with Gasteiger partial charge in [0.05, 0.1) is 5.56 Å². The average molecular weight is 240 g/mol. The zero-order valence-corrected chi connectivity index (χ0v) is 10.1. The van der Waals surface area contributed by atoms with Crippen LogP contribution in [0.25, 0.3) is 0 Å². The molecule has 0 bridgehead atoms. The van der Waals surface area contributed by atoms with Crippen molar-refractivity contribution in [3.8, 4) is 6.07 Å². The first-order chi connectivity index (χ1) is 7.69. The van der Waals surface area contributed by atoms with E-state index in [9.17, 15) is 0 Å². The van der Waals surface area contributed by atoms with Gasteiger partial charge in [-0.15, -0.1) is 0 Å². The summed E-state index contributed by atoms with van der Waals surface area (Å²) in [7, 11) is 1.66. The number of halogens is 1. The molecule has 0 unspecified atom stereocenters. The van der Waals surface area contributed by atoms with Crippen LogP contribution in [0, 0.1) is 18.3 Å². The number of rotatable bonds is 5. The van der Waals surface area contributed by atoms with Gasteiger partial charge in [-0.25, -0.2) is 4.98 Å². The first-order valence-corrected chi connectivity index (χ1v) is 5.37. The number of hydrogen-bond donors (Lipinski definition) is 1. The SMILES string of the molecule is COCCCNc1nc(Cl)cc(C)c1C#N. The third-order valence-corrected chi connectivity index (χ3v) is 2.31. The van der Waals surface area contributed by atoms with E-state index in [1.165, 1.54) is 0 Å². The van der Waals surface area contributed by atoms with E-state index in [-0.39, 0.29) is 0 Å². The minimum Gasteiger partial charge on any atom is -0.385 e. The topological polar surface area (TPSA) is 57.9 Å². The molecule has 1 aromatic heterocycles. The molecule has 0 saturated heterocycles. The average Bonchev–Trinajstić information content (AvgIpc) is 2.24. The lowest BCUT2D eigenvalue weighted by atomic mass is 10.1. The number of aryl methyl sites for hydroxylation is 1. The van der Waals surface area contributed by atoms with Crippen LogP contribution < -0.4 is 5.32 Å². The summed E-state index contributed by atoms with van der Waals surface area (Å²) in [5, 5.41) is 12.5. The van der Waals surface area contributed by atoms with Crippen LogP contribution in [-0.2, 0) is 4.74 Å². The van der Waals surface area contributed by atoms with Gasteiger partial charge in [-0.3, -0.25) is 0 Å². The molecule has 4 nitrogen and oxygen atoms in total. The quantitative estimate of drug-likeness (QED) is 0.633. The van der Waals surface area contributed by atoms with Crippen molar-refractivity contribution in [2.45, 2.75) is 13.3 Å². The number of nitrogens with zero attached hydrogens (tertiary/aromatic N) is 2. The molecule has 0 aliphatic carbocycles. The molecule has 5 heteroatoms. The number of pyridine rings is 1. The van der Waals surface area contributed by atoms with Crippen molar-refractivity contribution in [1.82, 2.24) is 4.98 Å². The highest BCUT2D eigenvalue weighted by molar-refractivity contribution is 6.29. The molecule has 0 amide bonds. The third-order valence-electron chi connectivity index (χ3n) is 2.11. The molecule has 0 saturated carbocycles. The van der Waals surface area contributed by atoms with Gasteiger partial charge in [-0.05, 0) is 25.0 Å². The molecule has 0 aromatic carbocycles. The summed E-state index contributed by atoms with van der Waals surface area (Å²) < 4.78 is 4.93. The maximum absolute atomic E-state index is 9.00. The molecule has 0 atom stereocenters. The highest BCUT2D eigenvalue weighted by atomic mass is 35.5. The van der Waals surface area contributed by atoms with E-state index in [1.54, 1.807) is 13.2 Å². The van der Waals surface area contributed by atoms with Crippen molar-refractivity contribution in [3.05, 3.63) is 22.3 Å². The van der Waals surface area contributed by atoms with Gasteiger partial charge in [0.1, 0.15) is 17.0 Å². The van der Waals surface area contributed by atoms with Gasteiger partial charge in [-0.2, -0.15) is 5.26 Å². The molecule has 0 aliphatic heterocycles. The Morgan fingerprint density at radius 3 is 3.00 bits per heavy atom. The lowest BCUT2D eigenvalue weighted by Gasteiger charge is -2.09. The van der Waals surface area contributed by atoms with Gasteiger partial charge in [0.25, 0.3) is 0 Å². The molecule has 0 aliphatic rings. The summed E-state index contributed by atoms with van der Waals surface area (Å²) >= 11 is 5.83. The van der Waals surface area contributed by atoms with Crippen LogP contribution in [0.1, 0.15) is 17.5 Å². The molecular formula is C11H14ClN3O. The van der Waals surface area contributed by atoms with Crippen LogP contribution in [0.15, 0.2) is 6.07 Å². The summed E-state index contributed by atoms with van der Waals surface area (Å²) in [6, 6.07) is 3.80. The number of hydrogen-bond acceptors (Lipinski definition) is 4.